The number of rotatable bonds is 14. The Morgan fingerprint density at radius 1 is 0.538 bits per heavy atom. The van der Waals surface area contributed by atoms with Crippen LogP contribution in [-0.2, 0) is 36.2 Å². The second-order valence-corrected chi connectivity index (χ2v) is 8.19. The van der Waals surface area contributed by atoms with Gasteiger partial charge in [-0.25, -0.2) is 0 Å². The fraction of sp³-hybridized carbons (Fsp3) is 0.923. The Bertz CT molecular complexity index is 290. The van der Waals surface area contributed by atoms with Crippen molar-refractivity contribution in [3.63, 3.8) is 0 Å². The standard InChI is InChI=1S/C13H32O9P2.2K.2H/c1-7-15-23(16-8-2,17-9-3)21-13(14)22-24(18-10-4,19-11-5)20-12-6;;;;/h23-24H,7-12H2,1-6H3;;;;. The molecule has 0 aliphatic carbocycles. The van der Waals surface area contributed by atoms with Crippen molar-refractivity contribution in [2.45, 2.75) is 41.5 Å². The first-order valence-electron chi connectivity index (χ1n) is 8.22. The molecule has 0 aliphatic heterocycles. The molecule has 0 atom stereocenters. The molecule has 0 N–H and O–H groups in total. The van der Waals surface area contributed by atoms with Crippen molar-refractivity contribution in [2.24, 2.45) is 0 Å². The zero-order valence-electron chi connectivity index (χ0n) is 15.4. The summed E-state index contributed by atoms with van der Waals surface area (Å²) >= 11 is 0. The average molecular weight is 475 g/mol. The van der Waals surface area contributed by atoms with Crippen molar-refractivity contribution >= 4 is 125 Å². The Labute approximate surface area is 243 Å². The third-order valence-electron chi connectivity index (χ3n) is 2.34. The fourth-order valence-electron chi connectivity index (χ4n) is 1.71. The maximum absolute atomic E-state index is 12.3. The van der Waals surface area contributed by atoms with Crippen molar-refractivity contribution in [3.8, 4) is 0 Å². The zero-order chi connectivity index (χ0) is 18.5. The molecule has 0 bridgehead atoms. The Balaban J connectivity index is -0.00000264. The van der Waals surface area contributed by atoms with Gasteiger partial charge in [0.1, 0.15) is 0 Å². The van der Waals surface area contributed by atoms with Crippen molar-refractivity contribution in [3.05, 3.63) is 0 Å². The molecule has 0 rings (SSSR count). The van der Waals surface area contributed by atoms with E-state index in [9.17, 15) is 4.79 Å². The Hall–Kier alpha value is 3.16. The molecule has 0 aromatic rings. The van der Waals surface area contributed by atoms with Gasteiger partial charge in [0.2, 0.25) is 0 Å². The summed E-state index contributed by atoms with van der Waals surface area (Å²) < 4.78 is 43.2. The van der Waals surface area contributed by atoms with Gasteiger partial charge in [0.15, 0.2) is 0 Å². The Morgan fingerprint density at radius 3 is 0.885 bits per heavy atom. The molecule has 0 heterocycles. The van der Waals surface area contributed by atoms with E-state index >= 15 is 0 Å². The fourth-order valence-corrected chi connectivity index (χ4v) is 5.26. The Kier molecular flexibility index (Phi) is 26.1. The summed E-state index contributed by atoms with van der Waals surface area (Å²) in [5.74, 6) is 0. The second kappa shape index (κ2) is 20.1. The summed E-state index contributed by atoms with van der Waals surface area (Å²) in [6, 6.07) is 0. The monoisotopic (exact) mass is 474 g/mol. The van der Waals surface area contributed by atoms with Gasteiger partial charge in [-0.15, -0.1) is 0 Å². The van der Waals surface area contributed by atoms with Crippen LogP contribution in [0.1, 0.15) is 41.5 Å². The van der Waals surface area contributed by atoms with E-state index in [0.29, 0.717) is 0 Å². The summed E-state index contributed by atoms with van der Waals surface area (Å²) in [6.45, 7) is 12.0. The molecular formula is C13H34K2O9P2. The van der Waals surface area contributed by atoms with Crippen LogP contribution in [0.2, 0.25) is 0 Å². The first-order chi connectivity index (χ1) is 11.5. The summed E-state index contributed by atoms with van der Waals surface area (Å²) in [5.41, 5.74) is 0. The van der Waals surface area contributed by atoms with Crippen LogP contribution in [0.15, 0.2) is 0 Å². The van der Waals surface area contributed by atoms with E-state index in [1.807, 2.05) is 0 Å². The van der Waals surface area contributed by atoms with Crippen LogP contribution in [0.25, 0.3) is 0 Å². The van der Waals surface area contributed by atoms with Crippen molar-refractivity contribution in [2.75, 3.05) is 39.6 Å². The quantitative estimate of drug-likeness (QED) is 0.278. The van der Waals surface area contributed by atoms with Gasteiger partial charge < -0.3 is 0 Å². The third kappa shape index (κ3) is 13.5. The summed E-state index contributed by atoms with van der Waals surface area (Å²) in [4.78, 5) is 12.3. The van der Waals surface area contributed by atoms with E-state index < -0.39 is 22.5 Å². The predicted molar refractivity (Wildman–Crippen MR) is 108 cm³/mol. The molecule has 13 heteroatoms. The van der Waals surface area contributed by atoms with Crippen LogP contribution < -0.4 is 0 Å². The number of carbonyl (C=O) groups excluding carboxylic acids is 1. The molecule has 0 fully saturated rings. The molecule has 0 amide bonds. The molecule has 0 saturated heterocycles. The number of hydrogen-bond donors (Lipinski definition) is 0. The van der Waals surface area contributed by atoms with Crippen molar-refractivity contribution < 1.29 is 41.0 Å². The molecule has 0 spiro atoms. The van der Waals surface area contributed by atoms with Gasteiger partial charge in [0.25, 0.3) is 0 Å². The van der Waals surface area contributed by atoms with Crippen molar-refractivity contribution in [1.29, 1.82) is 0 Å². The van der Waals surface area contributed by atoms with Gasteiger partial charge in [-0.05, 0) is 0 Å². The second-order valence-electron chi connectivity index (χ2n) is 4.05. The van der Waals surface area contributed by atoms with Gasteiger partial charge >= 0.3 is 247 Å². The van der Waals surface area contributed by atoms with Crippen LogP contribution in [0.5, 0.6) is 0 Å². The predicted octanol–water partition coefficient (Wildman–Crippen LogP) is 2.88. The first kappa shape index (κ1) is 33.8. The zero-order valence-corrected chi connectivity index (χ0v) is 17.4. The molecule has 0 unspecified atom stereocenters. The molecule has 9 nitrogen and oxygen atoms in total. The molecular weight excluding hydrogens is 440 g/mol. The average Bonchev–Trinajstić information content (AvgIpc) is 2.48. The first-order valence-corrected chi connectivity index (χ1v) is 11.5. The minimum atomic E-state index is -3.65. The van der Waals surface area contributed by atoms with Gasteiger partial charge in [0, 0.05) is 0 Å². The van der Waals surface area contributed by atoms with Gasteiger partial charge in [-0.1, -0.05) is 0 Å². The van der Waals surface area contributed by atoms with E-state index in [4.69, 9.17) is 36.2 Å². The molecule has 26 heavy (non-hydrogen) atoms. The van der Waals surface area contributed by atoms with Crippen LogP contribution in [-0.4, -0.2) is 149 Å². The number of hydrogen-bond acceptors (Lipinski definition) is 9. The van der Waals surface area contributed by atoms with Crippen LogP contribution in [0.4, 0.5) is 4.79 Å². The van der Waals surface area contributed by atoms with E-state index in [0.717, 1.165) is 0 Å². The van der Waals surface area contributed by atoms with Crippen LogP contribution in [0, 0.1) is 0 Å². The van der Waals surface area contributed by atoms with E-state index in [1.165, 1.54) is 0 Å². The van der Waals surface area contributed by atoms with E-state index in [2.05, 4.69) is 0 Å². The summed E-state index contributed by atoms with van der Waals surface area (Å²) in [6.07, 6.45) is -1.07. The third-order valence-corrected chi connectivity index (χ3v) is 7.03. The maximum atomic E-state index is 12.3. The summed E-state index contributed by atoms with van der Waals surface area (Å²) in [7, 11) is -7.29. The summed E-state index contributed by atoms with van der Waals surface area (Å²) in [5, 5.41) is 0. The molecule has 0 radical (unpaired) electrons. The Morgan fingerprint density at radius 2 is 0.731 bits per heavy atom. The normalized spacial score (nSPS) is 12.5. The SMILES string of the molecule is CCO[PH](OCC)(OCC)OC(=O)O[PH](OCC)(OCC)OCC.[KH].[KH]. The van der Waals surface area contributed by atoms with E-state index in [1.54, 1.807) is 41.5 Å². The topological polar surface area (TPSA) is 90.9 Å². The minimum absolute atomic E-state index is 0. The molecule has 0 saturated carbocycles. The number of carbonyl (C=O) groups is 1. The molecule has 152 valence electrons. The van der Waals surface area contributed by atoms with Crippen LogP contribution in [0.3, 0.4) is 0 Å². The molecule has 0 aromatic heterocycles. The molecule has 0 aliphatic rings. The van der Waals surface area contributed by atoms with Gasteiger partial charge in [0.05, 0.1) is 0 Å². The van der Waals surface area contributed by atoms with Gasteiger partial charge in [-0.2, -0.15) is 0 Å². The van der Waals surface area contributed by atoms with E-state index in [-0.39, 0.29) is 142 Å². The van der Waals surface area contributed by atoms with Gasteiger partial charge in [-0.3, -0.25) is 0 Å². The van der Waals surface area contributed by atoms with Crippen molar-refractivity contribution in [1.82, 2.24) is 0 Å². The van der Waals surface area contributed by atoms with Crippen LogP contribution >= 0.6 is 16.3 Å². The molecule has 0 aromatic carbocycles.